The SMILES string of the molecule is O=C(O)C1CCCN1CC(=O)C(F)(F)F. The number of likely N-dealkylation sites (tertiary alicyclic amines) is 1. The summed E-state index contributed by atoms with van der Waals surface area (Å²) in [5, 5.41) is 8.67. The Labute approximate surface area is 83.7 Å². The van der Waals surface area contributed by atoms with E-state index < -0.39 is 30.5 Å². The summed E-state index contributed by atoms with van der Waals surface area (Å²) in [5.74, 6) is -3.07. The van der Waals surface area contributed by atoms with E-state index in [1.807, 2.05) is 0 Å². The third-order valence-corrected chi connectivity index (χ3v) is 2.31. The van der Waals surface area contributed by atoms with Gasteiger partial charge in [-0.15, -0.1) is 0 Å². The summed E-state index contributed by atoms with van der Waals surface area (Å²) in [6.07, 6.45) is -4.09. The van der Waals surface area contributed by atoms with Crippen LogP contribution in [0.5, 0.6) is 0 Å². The van der Waals surface area contributed by atoms with Crippen LogP contribution in [0.15, 0.2) is 0 Å². The van der Waals surface area contributed by atoms with Crippen LogP contribution in [0.4, 0.5) is 13.2 Å². The Balaban J connectivity index is 2.58. The third kappa shape index (κ3) is 2.92. The van der Waals surface area contributed by atoms with Crippen LogP contribution in [0.25, 0.3) is 0 Å². The molecular formula is C8H10F3NO3. The van der Waals surface area contributed by atoms with Gasteiger partial charge in [0.15, 0.2) is 0 Å². The molecule has 0 saturated carbocycles. The van der Waals surface area contributed by atoms with E-state index >= 15 is 0 Å². The summed E-state index contributed by atoms with van der Waals surface area (Å²) in [7, 11) is 0. The lowest BCUT2D eigenvalue weighted by Gasteiger charge is -2.20. The number of carbonyl (C=O) groups excluding carboxylic acids is 1. The van der Waals surface area contributed by atoms with Crippen molar-refractivity contribution in [3.8, 4) is 0 Å². The number of carbonyl (C=O) groups is 2. The maximum Gasteiger partial charge on any atom is 0.451 e. The zero-order chi connectivity index (χ0) is 11.6. The van der Waals surface area contributed by atoms with E-state index in [9.17, 15) is 22.8 Å². The Bertz CT molecular complexity index is 277. The van der Waals surface area contributed by atoms with Crippen LogP contribution in [-0.2, 0) is 9.59 Å². The van der Waals surface area contributed by atoms with Gasteiger partial charge in [0.2, 0.25) is 5.78 Å². The van der Waals surface area contributed by atoms with Crippen molar-refractivity contribution in [3.05, 3.63) is 0 Å². The van der Waals surface area contributed by atoms with Crippen LogP contribution in [0.3, 0.4) is 0 Å². The standard InChI is InChI=1S/C8H10F3NO3/c9-8(10,11)6(13)4-12-3-1-2-5(12)7(14)15/h5H,1-4H2,(H,14,15). The lowest BCUT2D eigenvalue weighted by molar-refractivity contribution is -0.172. The van der Waals surface area contributed by atoms with E-state index in [0.717, 1.165) is 4.90 Å². The highest BCUT2D eigenvalue weighted by molar-refractivity contribution is 5.86. The van der Waals surface area contributed by atoms with Gasteiger partial charge in [-0.2, -0.15) is 13.2 Å². The molecule has 0 aromatic carbocycles. The zero-order valence-electron chi connectivity index (χ0n) is 7.75. The molecule has 1 unspecified atom stereocenters. The summed E-state index contributed by atoms with van der Waals surface area (Å²) < 4.78 is 35.7. The van der Waals surface area contributed by atoms with Crippen molar-refractivity contribution in [1.82, 2.24) is 4.90 Å². The highest BCUT2D eigenvalue weighted by atomic mass is 19.4. The molecule has 1 atom stereocenters. The first-order chi connectivity index (χ1) is 6.82. The van der Waals surface area contributed by atoms with Crippen molar-refractivity contribution in [3.63, 3.8) is 0 Å². The topological polar surface area (TPSA) is 57.6 Å². The fraction of sp³-hybridized carbons (Fsp3) is 0.750. The van der Waals surface area contributed by atoms with Crippen LogP contribution in [0, 0.1) is 0 Å². The quantitative estimate of drug-likeness (QED) is 0.766. The second-order valence-electron chi connectivity index (χ2n) is 3.39. The first-order valence-corrected chi connectivity index (χ1v) is 4.39. The monoisotopic (exact) mass is 225 g/mol. The van der Waals surface area contributed by atoms with Crippen molar-refractivity contribution < 1.29 is 27.9 Å². The molecule has 1 fully saturated rings. The van der Waals surface area contributed by atoms with Gasteiger partial charge in [-0.25, -0.2) is 0 Å². The average Bonchev–Trinajstić information content (AvgIpc) is 2.50. The molecule has 1 aliphatic heterocycles. The van der Waals surface area contributed by atoms with E-state index in [-0.39, 0.29) is 6.54 Å². The van der Waals surface area contributed by atoms with Crippen LogP contribution >= 0.6 is 0 Å². The first kappa shape index (κ1) is 12.0. The molecule has 7 heteroatoms. The Hall–Kier alpha value is -1.11. The van der Waals surface area contributed by atoms with Crippen molar-refractivity contribution >= 4 is 11.8 Å². The summed E-state index contributed by atoms with van der Waals surface area (Å²) in [6, 6.07) is -0.962. The van der Waals surface area contributed by atoms with Crippen molar-refractivity contribution in [2.45, 2.75) is 25.1 Å². The third-order valence-electron chi connectivity index (χ3n) is 2.31. The number of halogens is 3. The minimum absolute atomic E-state index is 0.221. The maximum atomic E-state index is 11.9. The Morgan fingerprint density at radius 1 is 1.40 bits per heavy atom. The molecule has 0 aromatic rings. The summed E-state index contributed by atoms with van der Waals surface area (Å²) >= 11 is 0. The fourth-order valence-corrected chi connectivity index (χ4v) is 1.57. The lowest BCUT2D eigenvalue weighted by Crippen LogP contribution is -2.42. The smallest absolute Gasteiger partial charge is 0.451 e. The largest absolute Gasteiger partial charge is 0.480 e. The predicted molar refractivity (Wildman–Crippen MR) is 43.3 cm³/mol. The second-order valence-corrected chi connectivity index (χ2v) is 3.39. The minimum atomic E-state index is -4.88. The zero-order valence-corrected chi connectivity index (χ0v) is 7.75. The molecule has 1 saturated heterocycles. The molecule has 0 aromatic heterocycles. The number of rotatable bonds is 3. The molecule has 1 rings (SSSR count). The number of aliphatic carboxylic acids is 1. The van der Waals surface area contributed by atoms with Gasteiger partial charge in [-0.1, -0.05) is 0 Å². The van der Waals surface area contributed by atoms with Gasteiger partial charge in [-0.05, 0) is 19.4 Å². The summed E-state index contributed by atoms with van der Waals surface area (Å²) in [4.78, 5) is 22.3. The normalized spacial score (nSPS) is 23.0. The second kappa shape index (κ2) is 4.18. The molecule has 1 heterocycles. The number of alkyl halides is 3. The molecule has 1 N–H and O–H groups in total. The van der Waals surface area contributed by atoms with Gasteiger partial charge in [0.1, 0.15) is 6.04 Å². The van der Waals surface area contributed by atoms with Crippen LogP contribution in [0.2, 0.25) is 0 Å². The molecule has 4 nitrogen and oxygen atoms in total. The van der Waals surface area contributed by atoms with Crippen LogP contribution < -0.4 is 0 Å². The maximum absolute atomic E-state index is 11.9. The molecular weight excluding hydrogens is 215 g/mol. The van der Waals surface area contributed by atoms with Gasteiger partial charge in [0.25, 0.3) is 0 Å². The number of hydrogen-bond donors (Lipinski definition) is 1. The van der Waals surface area contributed by atoms with Gasteiger partial charge in [-0.3, -0.25) is 14.5 Å². The predicted octanol–water partition coefficient (Wildman–Crippen LogP) is 0.667. The lowest BCUT2D eigenvalue weighted by atomic mass is 10.2. The highest BCUT2D eigenvalue weighted by Gasteiger charge is 2.41. The van der Waals surface area contributed by atoms with Gasteiger partial charge in [0, 0.05) is 0 Å². The number of carboxylic acids is 1. The summed E-state index contributed by atoms with van der Waals surface area (Å²) in [6.45, 7) is -0.640. The molecule has 1 aliphatic rings. The molecule has 0 aliphatic carbocycles. The Kier molecular flexibility index (Phi) is 3.33. The highest BCUT2D eigenvalue weighted by Crippen LogP contribution is 2.21. The van der Waals surface area contributed by atoms with E-state index in [1.165, 1.54) is 0 Å². The molecule has 0 spiro atoms. The van der Waals surface area contributed by atoms with E-state index in [0.29, 0.717) is 12.8 Å². The number of Topliss-reactive ketones (excluding diaryl/α,β-unsaturated/α-hetero) is 1. The van der Waals surface area contributed by atoms with Gasteiger partial charge >= 0.3 is 12.1 Å². The number of nitrogens with zero attached hydrogens (tertiary/aromatic N) is 1. The molecule has 86 valence electrons. The van der Waals surface area contributed by atoms with E-state index in [4.69, 9.17) is 5.11 Å². The van der Waals surface area contributed by atoms with Crippen molar-refractivity contribution in [2.75, 3.05) is 13.1 Å². The number of hydrogen-bond acceptors (Lipinski definition) is 3. The Morgan fingerprint density at radius 3 is 2.47 bits per heavy atom. The fourth-order valence-electron chi connectivity index (χ4n) is 1.57. The minimum Gasteiger partial charge on any atom is -0.480 e. The Morgan fingerprint density at radius 2 is 2.00 bits per heavy atom. The molecule has 15 heavy (non-hydrogen) atoms. The number of ketones is 1. The first-order valence-electron chi connectivity index (χ1n) is 4.39. The molecule has 0 radical (unpaired) electrons. The van der Waals surface area contributed by atoms with Crippen molar-refractivity contribution in [2.24, 2.45) is 0 Å². The van der Waals surface area contributed by atoms with Crippen LogP contribution in [-0.4, -0.2) is 47.1 Å². The molecule has 0 bridgehead atoms. The van der Waals surface area contributed by atoms with Gasteiger partial charge in [0.05, 0.1) is 6.54 Å². The average molecular weight is 225 g/mol. The molecule has 0 amide bonds. The summed E-state index contributed by atoms with van der Waals surface area (Å²) in [5.41, 5.74) is 0. The number of carboxylic acid groups (broad SMARTS) is 1. The van der Waals surface area contributed by atoms with E-state index in [2.05, 4.69) is 0 Å². The van der Waals surface area contributed by atoms with Crippen LogP contribution in [0.1, 0.15) is 12.8 Å². The van der Waals surface area contributed by atoms with Crippen molar-refractivity contribution in [1.29, 1.82) is 0 Å². The van der Waals surface area contributed by atoms with Gasteiger partial charge < -0.3 is 5.11 Å². The van der Waals surface area contributed by atoms with E-state index in [1.54, 1.807) is 0 Å².